The molecule has 0 rings (SSSR count). The Morgan fingerprint density at radius 1 is 0.638 bits per heavy atom. The summed E-state index contributed by atoms with van der Waals surface area (Å²) in [5.74, 6) is -0.210. The van der Waals surface area contributed by atoms with E-state index in [9.17, 15) is 29.3 Å². The van der Waals surface area contributed by atoms with E-state index in [1.165, 1.54) is 89.9 Å². The summed E-state index contributed by atoms with van der Waals surface area (Å²) in [5, 5.41) is 28.4. The largest absolute Gasteiger partial charge is 0.472 e. The van der Waals surface area contributed by atoms with Crippen LogP contribution in [0.25, 0.3) is 0 Å². The van der Waals surface area contributed by atoms with Crippen LogP contribution in [0, 0.1) is 5.92 Å². The Morgan fingerprint density at radius 3 is 1.83 bits per heavy atom. The van der Waals surface area contributed by atoms with Crippen molar-refractivity contribution in [2.45, 2.75) is 200 Å². The molecule has 0 saturated heterocycles. The minimum atomic E-state index is -4.65. The van der Waals surface area contributed by atoms with Gasteiger partial charge in [0.05, 0.1) is 25.9 Å². The van der Waals surface area contributed by atoms with E-state index in [1.54, 1.807) is 6.08 Å². The lowest BCUT2D eigenvalue weighted by atomic mass is 10.0. The fraction of sp³-hybridized carbons (Fsp3) is 0.783. The van der Waals surface area contributed by atoms with Crippen molar-refractivity contribution in [1.82, 2.24) is 0 Å². The minimum absolute atomic E-state index is 0.0763. The summed E-state index contributed by atoms with van der Waals surface area (Å²) in [5.41, 5.74) is 0. The predicted octanol–water partition coefficient (Wildman–Crippen LogP) is 10.9. The number of carbonyl (C=O) groups excluding carboxylic acids is 2. The molecule has 0 spiro atoms. The summed E-state index contributed by atoms with van der Waals surface area (Å²) in [6.45, 7) is 4.54. The van der Waals surface area contributed by atoms with Crippen molar-refractivity contribution >= 4 is 19.8 Å². The molecule has 4 N–H and O–H groups in total. The third-order valence-electron chi connectivity index (χ3n) is 9.49. The van der Waals surface area contributed by atoms with Crippen molar-refractivity contribution in [3.05, 3.63) is 48.6 Å². The second-order valence-corrected chi connectivity index (χ2v) is 17.2. The Kier molecular flexibility index (Phi) is 38.8. The number of hydrogen-bond donors (Lipinski definition) is 4. The average Bonchev–Trinajstić information content (AvgIpc) is 3.19. The smallest absolute Gasteiger partial charge is 0.462 e. The van der Waals surface area contributed by atoms with Crippen LogP contribution in [0.4, 0.5) is 0 Å². The van der Waals surface area contributed by atoms with Gasteiger partial charge in [-0.05, 0) is 50.9 Å². The second-order valence-electron chi connectivity index (χ2n) is 15.8. The number of phosphoric ester groups is 1. The summed E-state index contributed by atoms with van der Waals surface area (Å²) in [4.78, 5) is 35.0. The Hall–Kier alpha value is -2.11. The molecule has 0 aromatic carbocycles. The van der Waals surface area contributed by atoms with Crippen LogP contribution < -0.4 is 0 Å². The SMILES string of the molecule is CCCCC/C=C\C[C@H](O)/C=C/C=C\C/C=C\CCCC(=O)O[C@H](COC(=O)CCCCCCCCCCCCCCCCC(C)C)COP(=O)(O)OC[C@@H](O)CO. The molecule has 0 aliphatic rings. The van der Waals surface area contributed by atoms with Crippen molar-refractivity contribution in [3.8, 4) is 0 Å². The molecular weight excluding hydrogens is 759 g/mol. The molecule has 0 aromatic heterocycles. The van der Waals surface area contributed by atoms with E-state index >= 15 is 0 Å². The van der Waals surface area contributed by atoms with Crippen molar-refractivity contribution in [2.24, 2.45) is 5.92 Å². The van der Waals surface area contributed by atoms with E-state index in [1.807, 2.05) is 36.5 Å². The Balaban J connectivity index is 4.42. The van der Waals surface area contributed by atoms with Crippen LogP contribution in [0.1, 0.15) is 181 Å². The number of carbonyl (C=O) groups is 2. The number of ether oxygens (including phenoxy) is 2. The zero-order valence-electron chi connectivity index (χ0n) is 36.5. The van der Waals surface area contributed by atoms with Gasteiger partial charge in [0, 0.05) is 12.8 Å². The maximum atomic E-state index is 12.6. The van der Waals surface area contributed by atoms with Crippen LogP contribution in [0.5, 0.6) is 0 Å². The molecular formula is C46H83O11P. The van der Waals surface area contributed by atoms with E-state index in [0.29, 0.717) is 32.1 Å². The molecule has 338 valence electrons. The van der Waals surface area contributed by atoms with Crippen LogP contribution in [-0.4, -0.2) is 76.9 Å². The monoisotopic (exact) mass is 843 g/mol. The quantitative estimate of drug-likeness (QED) is 0.0152. The molecule has 1 unspecified atom stereocenters. The summed E-state index contributed by atoms with van der Waals surface area (Å²) >= 11 is 0. The van der Waals surface area contributed by atoms with E-state index in [2.05, 4.69) is 31.4 Å². The number of esters is 2. The van der Waals surface area contributed by atoms with Gasteiger partial charge in [-0.25, -0.2) is 4.57 Å². The molecule has 0 radical (unpaired) electrons. The van der Waals surface area contributed by atoms with E-state index < -0.39 is 57.9 Å². The fourth-order valence-corrected chi connectivity index (χ4v) is 6.75. The van der Waals surface area contributed by atoms with Crippen LogP contribution in [0.15, 0.2) is 48.6 Å². The maximum Gasteiger partial charge on any atom is 0.472 e. The number of phosphoric acid groups is 1. The van der Waals surface area contributed by atoms with Crippen molar-refractivity contribution in [1.29, 1.82) is 0 Å². The summed E-state index contributed by atoms with van der Waals surface area (Å²) < 4.78 is 32.6. The van der Waals surface area contributed by atoms with Gasteiger partial charge in [0.25, 0.3) is 0 Å². The number of allylic oxidation sites excluding steroid dienone is 6. The van der Waals surface area contributed by atoms with Crippen LogP contribution in [0.3, 0.4) is 0 Å². The first-order valence-corrected chi connectivity index (χ1v) is 24.1. The zero-order chi connectivity index (χ0) is 43.0. The predicted molar refractivity (Wildman–Crippen MR) is 234 cm³/mol. The highest BCUT2D eigenvalue weighted by Crippen LogP contribution is 2.43. The lowest BCUT2D eigenvalue weighted by Gasteiger charge is -2.20. The molecule has 0 aromatic rings. The minimum Gasteiger partial charge on any atom is -0.462 e. The highest BCUT2D eigenvalue weighted by molar-refractivity contribution is 7.47. The fourth-order valence-electron chi connectivity index (χ4n) is 5.96. The number of hydrogen-bond acceptors (Lipinski definition) is 10. The van der Waals surface area contributed by atoms with Crippen molar-refractivity contribution in [3.63, 3.8) is 0 Å². The van der Waals surface area contributed by atoms with Gasteiger partial charge >= 0.3 is 19.8 Å². The van der Waals surface area contributed by atoms with Gasteiger partial charge in [-0.2, -0.15) is 0 Å². The van der Waals surface area contributed by atoms with Gasteiger partial charge in [-0.3, -0.25) is 18.6 Å². The third-order valence-corrected chi connectivity index (χ3v) is 10.4. The summed E-state index contributed by atoms with van der Waals surface area (Å²) in [7, 11) is -4.65. The number of aliphatic hydroxyl groups is 3. The first-order valence-electron chi connectivity index (χ1n) is 22.6. The molecule has 12 heteroatoms. The molecule has 0 amide bonds. The van der Waals surface area contributed by atoms with E-state index in [-0.39, 0.29) is 19.4 Å². The van der Waals surface area contributed by atoms with Crippen LogP contribution >= 0.6 is 7.82 Å². The van der Waals surface area contributed by atoms with Gasteiger partial charge in [-0.1, -0.05) is 172 Å². The summed E-state index contributed by atoms with van der Waals surface area (Å²) in [6.07, 6.45) is 38.3. The topological polar surface area (TPSA) is 169 Å². The van der Waals surface area contributed by atoms with Crippen molar-refractivity contribution < 1.29 is 52.9 Å². The zero-order valence-corrected chi connectivity index (χ0v) is 37.4. The molecule has 0 aliphatic carbocycles. The second kappa shape index (κ2) is 40.3. The first kappa shape index (κ1) is 55.9. The van der Waals surface area contributed by atoms with Gasteiger partial charge in [0.15, 0.2) is 6.10 Å². The Labute approximate surface area is 352 Å². The molecule has 0 heterocycles. The van der Waals surface area contributed by atoms with E-state index in [4.69, 9.17) is 19.1 Å². The molecule has 4 atom stereocenters. The normalized spacial score (nSPS) is 14.9. The van der Waals surface area contributed by atoms with Crippen molar-refractivity contribution in [2.75, 3.05) is 26.4 Å². The van der Waals surface area contributed by atoms with Crippen LogP contribution in [-0.2, 0) is 32.7 Å². The Bertz CT molecular complexity index is 1140. The average molecular weight is 843 g/mol. The van der Waals surface area contributed by atoms with Gasteiger partial charge in [0.1, 0.15) is 12.7 Å². The molecule has 58 heavy (non-hydrogen) atoms. The number of unbranched alkanes of at least 4 members (excludes halogenated alkanes) is 17. The lowest BCUT2D eigenvalue weighted by Crippen LogP contribution is -2.29. The molecule has 0 saturated carbocycles. The van der Waals surface area contributed by atoms with Gasteiger partial charge in [-0.15, -0.1) is 0 Å². The standard InChI is InChI=1S/C46H83O11P/c1-4-5-6-7-23-28-33-42(48)34-29-24-19-16-17-21-26-31-36-46(51)57-44(40-56-58(52,53)55-38-43(49)37-47)39-54-45(50)35-30-25-20-15-13-11-9-8-10-12-14-18-22-27-32-41(2)3/h17,19,21,23-24,28-29,34,41-44,47-49H,4-16,18,20,22,25-27,30-33,35-40H2,1-3H3,(H,52,53)/b21-17-,24-19-,28-23-,34-29+/t42-,43-,44+/m0/s1. The van der Waals surface area contributed by atoms with E-state index in [0.717, 1.165) is 31.6 Å². The number of rotatable bonds is 41. The highest BCUT2D eigenvalue weighted by Gasteiger charge is 2.27. The number of aliphatic hydroxyl groups excluding tert-OH is 3. The third kappa shape index (κ3) is 40.7. The summed E-state index contributed by atoms with van der Waals surface area (Å²) in [6, 6.07) is 0. The molecule has 0 bridgehead atoms. The van der Waals surface area contributed by atoms with Gasteiger partial charge in [0.2, 0.25) is 0 Å². The molecule has 11 nitrogen and oxygen atoms in total. The lowest BCUT2D eigenvalue weighted by molar-refractivity contribution is -0.161. The first-order chi connectivity index (χ1) is 28.0. The molecule has 0 fully saturated rings. The van der Waals surface area contributed by atoms with Gasteiger partial charge < -0.3 is 29.7 Å². The maximum absolute atomic E-state index is 12.6. The highest BCUT2D eigenvalue weighted by atomic mass is 31.2. The van der Waals surface area contributed by atoms with Crippen LogP contribution in [0.2, 0.25) is 0 Å². The molecule has 0 aliphatic heterocycles. The Morgan fingerprint density at radius 2 is 1.21 bits per heavy atom.